The molecule has 0 aromatic heterocycles. The number of alkyl halides is 2. The molecule has 0 amide bonds. The van der Waals surface area contributed by atoms with Gasteiger partial charge in [-0.2, -0.15) is 0 Å². The summed E-state index contributed by atoms with van der Waals surface area (Å²) in [6, 6.07) is 5.69. The van der Waals surface area contributed by atoms with Crippen molar-refractivity contribution >= 4 is 0 Å². The zero-order valence-electron chi connectivity index (χ0n) is 11.0. The number of ether oxygens (including phenoxy) is 1. The van der Waals surface area contributed by atoms with Crippen molar-refractivity contribution in [2.45, 2.75) is 31.2 Å². The minimum atomic E-state index is -3.07. The van der Waals surface area contributed by atoms with Gasteiger partial charge in [0.15, 0.2) is 0 Å². The van der Waals surface area contributed by atoms with Crippen molar-refractivity contribution in [1.29, 1.82) is 0 Å². The van der Waals surface area contributed by atoms with Gasteiger partial charge in [0.25, 0.3) is 5.92 Å². The normalized spacial score (nSPS) is 19.1. The number of aliphatic hydroxyl groups is 1. The van der Waals surface area contributed by atoms with Gasteiger partial charge >= 0.3 is 0 Å². The topological polar surface area (TPSA) is 41.5 Å². The number of benzene rings is 1. The van der Waals surface area contributed by atoms with E-state index in [9.17, 15) is 8.78 Å². The molecule has 0 heterocycles. The molecular weight excluding hydrogens is 252 g/mol. The first-order valence-corrected chi connectivity index (χ1v) is 6.44. The number of hydrogen-bond donors (Lipinski definition) is 2. The van der Waals surface area contributed by atoms with Crippen molar-refractivity contribution in [1.82, 2.24) is 5.32 Å². The van der Waals surface area contributed by atoms with Crippen molar-refractivity contribution in [2.75, 3.05) is 20.3 Å². The Morgan fingerprint density at radius 2 is 2.26 bits per heavy atom. The fourth-order valence-corrected chi connectivity index (χ4v) is 2.44. The van der Waals surface area contributed by atoms with E-state index in [1.54, 1.807) is 7.11 Å². The summed E-state index contributed by atoms with van der Waals surface area (Å²) in [6.07, 6.45) is 2.76. The second-order valence-corrected chi connectivity index (χ2v) is 4.90. The van der Waals surface area contributed by atoms with E-state index in [-0.39, 0.29) is 6.04 Å². The molecule has 0 spiro atoms. The van der Waals surface area contributed by atoms with Crippen molar-refractivity contribution in [3.63, 3.8) is 0 Å². The Hall–Kier alpha value is -1.20. The second-order valence-electron chi connectivity index (χ2n) is 4.90. The van der Waals surface area contributed by atoms with E-state index >= 15 is 0 Å². The molecule has 2 rings (SSSR count). The Kier molecular flexibility index (Phi) is 4.37. The molecule has 0 saturated carbocycles. The van der Waals surface area contributed by atoms with E-state index < -0.39 is 19.1 Å². The van der Waals surface area contributed by atoms with Crippen LogP contribution in [0.25, 0.3) is 0 Å². The summed E-state index contributed by atoms with van der Waals surface area (Å²) in [5.41, 5.74) is 2.20. The minimum absolute atomic E-state index is 0.101. The summed E-state index contributed by atoms with van der Waals surface area (Å²) < 4.78 is 31.4. The summed E-state index contributed by atoms with van der Waals surface area (Å²) >= 11 is 0. The zero-order valence-corrected chi connectivity index (χ0v) is 11.0. The zero-order chi connectivity index (χ0) is 13.9. The van der Waals surface area contributed by atoms with Crippen LogP contribution in [0.2, 0.25) is 0 Å². The number of nitrogens with one attached hydrogen (secondary N) is 1. The predicted octanol–water partition coefficient (Wildman–Crippen LogP) is 2.29. The highest BCUT2D eigenvalue weighted by molar-refractivity contribution is 5.39. The summed E-state index contributed by atoms with van der Waals surface area (Å²) in [4.78, 5) is 0. The first kappa shape index (κ1) is 14.2. The van der Waals surface area contributed by atoms with Gasteiger partial charge in [0.2, 0.25) is 0 Å². The van der Waals surface area contributed by atoms with Crippen molar-refractivity contribution < 1.29 is 18.6 Å². The average molecular weight is 271 g/mol. The molecule has 19 heavy (non-hydrogen) atoms. The van der Waals surface area contributed by atoms with Gasteiger partial charge in [0.05, 0.1) is 13.7 Å². The van der Waals surface area contributed by atoms with Gasteiger partial charge in [-0.3, -0.25) is 0 Å². The quantitative estimate of drug-likeness (QED) is 0.863. The Balaban J connectivity index is 2.12. The van der Waals surface area contributed by atoms with Crippen LogP contribution in [0.1, 0.15) is 30.0 Å². The lowest BCUT2D eigenvalue weighted by Crippen LogP contribution is -2.38. The fourth-order valence-electron chi connectivity index (χ4n) is 2.44. The molecule has 2 N–H and O–H groups in total. The Bertz CT molecular complexity index is 437. The summed E-state index contributed by atoms with van der Waals surface area (Å²) in [5, 5.41) is 11.4. The number of hydrogen-bond acceptors (Lipinski definition) is 3. The third-order valence-corrected chi connectivity index (χ3v) is 3.51. The van der Waals surface area contributed by atoms with E-state index in [2.05, 4.69) is 5.32 Å². The molecule has 1 atom stereocenters. The molecule has 1 aromatic carbocycles. The predicted molar refractivity (Wildman–Crippen MR) is 68.7 cm³/mol. The van der Waals surface area contributed by atoms with Gasteiger partial charge in [-0.05, 0) is 42.5 Å². The van der Waals surface area contributed by atoms with Crippen LogP contribution in [0.5, 0.6) is 5.75 Å². The molecule has 0 saturated heterocycles. The first-order chi connectivity index (χ1) is 9.05. The van der Waals surface area contributed by atoms with Gasteiger partial charge in [-0.25, -0.2) is 8.78 Å². The second kappa shape index (κ2) is 5.84. The SMILES string of the molecule is COc1ccc2c(c1)C(NCC(F)(F)CO)CCC2. The maximum absolute atomic E-state index is 13.1. The van der Waals surface area contributed by atoms with Crippen LogP contribution in [0, 0.1) is 0 Å². The van der Waals surface area contributed by atoms with Gasteiger partial charge in [0, 0.05) is 6.04 Å². The molecule has 0 bridgehead atoms. The van der Waals surface area contributed by atoms with Crippen LogP contribution >= 0.6 is 0 Å². The van der Waals surface area contributed by atoms with E-state index in [0.29, 0.717) is 0 Å². The van der Waals surface area contributed by atoms with E-state index in [1.165, 1.54) is 5.56 Å². The number of methoxy groups -OCH3 is 1. The molecule has 1 aliphatic carbocycles. The number of aryl methyl sites for hydroxylation is 1. The fraction of sp³-hybridized carbons (Fsp3) is 0.571. The van der Waals surface area contributed by atoms with Crippen molar-refractivity contribution in [3.05, 3.63) is 29.3 Å². The van der Waals surface area contributed by atoms with E-state index in [1.807, 2.05) is 18.2 Å². The van der Waals surface area contributed by atoms with Crippen LogP contribution in [0.15, 0.2) is 18.2 Å². The minimum Gasteiger partial charge on any atom is -0.497 e. The van der Waals surface area contributed by atoms with Gasteiger partial charge in [-0.15, -0.1) is 0 Å². The number of halogens is 2. The number of rotatable bonds is 5. The molecule has 1 aliphatic rings. The Labute approximate surface area is 111 Å². The standard InChI is InChI=1S/C14H19F2NO2/c1-19-11-6-5-10-3-2-4-13(12(10)7-11)17-8-14(15,16)9-18/h5-7,13,17-18H,2-4,8-9H2,1H3. The highest BCUT2D eigenvalue weighted by Crippen LogP contribution is 2.32. The van der Waals surface area contributed by atoms with E-state index in [0.717, 1.165) is 30.6 Å². The van der Waals surface area contributed by atoms with Crippen molar-refractivity contribution in [2.24, 2.45) is 0 Å². The largest absolute Gasteiger partial charge is 0.497 e. The molecular formula is C14H19F2NO2. The third kappa shape index (κ3) is 3.42. The van der Waals surface area contributed by atoms with Gasteiger partial charge in [-0.1, -0.05) is 6.07 Å². The third-order valence-electron chi connectivity index (χ3n) is 3.51. The van der Waals surface area contributed by atoms with E-state index in [4.69, 9.17) is 9.84 Å². The van der Waals surface area contributed by atoms with Crippen LogP contribution < -0.4 is 10.1 Å². The molecule has 0 aliphatic heterocycles. The molecule has 1 aromatic rings. The lowest BCUT2D eigenvalue weighted by atomic mass is 9.87. The molecule has 1 unspecified atom stereocenters. The van der Waals surface area contributed by atoms with Crippen LogP contribution in [0.3, 0.4) is 0 Å². The van der Waals surface area contributed by atoms with Crippen LogP contribution in [-0.2, 0) is 6.42 Å². The van der Waals surface area contributed by atoms with Gasteiger partial charge < -0.3 is 15.2 Å². The Morgan fingerprint density at radius 3 is 2.95 bits per heavy atom. The molecule has 5 heteroatoms. The number of aliphatic hydroxyl groups excluding tert-OH is 1. The smallest absolute Gasteiger partial charge is 0.282 e. The van der Waals surface area contributed by atoms with Crippen LogP contribution in [0.4, 0.5) is 8.78 Å². The summed E-state index contributed by atoms with van der Waals surface area (Å²) in [6.45, 7) is -1.64. The lowest BCUT2D eigenvalue weighted by Gasteiger charge is -2.28. The molecule has 3 nitrogen and oxygen atoms in total. The highest BCUT2D eigenvalue weighted by atomic mass is 19.3. The summed E-state index contributed by atoms with van der Waals surface area (Å²) in [5.74, 6) is -2.34. The lowest BCUT2D eigenvalue weighted by molar-refractivity contribution is -0.0496. The maximum atomic E-state index is 13.1. The first-order valence-electron chi connectivity index (χ1n) is 6.44. The monoisotopic (exact) mass is 271 g/mol. The van der Waals surface area contributed by atoms with Crippen molar-refractivity contribution in [3.8, 4) is 5.75 Å². The maximum Gasteiger partial charge on any atom is 0.282 e. The van der Waals surface area contributed by atoms with Crippen LogP contribution in [-0.4, -0.2) is 31.3 Å². The van der Waals surface area contributed by atoms with Gasteiger partial charge in [0.1, 0.15) is 12.4 Å². The number of fused-ring (bicyclic) bond motifs is 1. The Morgan fingerprint density at radius 1 is 1.47 bits per heavy atom. The average Bonchev–Trinajstić information content (AvgIpc) is 2.44. The molecule has 0 fully saturated rings. The molecule has 106 valence electrons. The molecule has 0 radical (unpaired) electrons. The highest BCUT2D eigenvalue weighted by Gasteiger charge is 2.30. The summed E-state index contributed by atoms with van der Waals surface area (Å²) in [7, 11) is 1.59.